The predicted molar refractivity (Wildman–Crippen MR) is 94.3 cm³/mol. The van der Waals surface area contributed by atoms with Crippen molar-refractivity contribution in [2.24, 2.45) is 14.1 Å². The summed E-state index contributed by atoms with van der Waals surface area (Å²) in [4.78, 5) is 30.4. The van der Waals surface area contributed by atoms with E-state index < -0.39 is 0 Å². The van der Waals surface area contributed by atoms with Gasteiger partial charge in [-0.2, -0.15) is 0 Å². The summed E-state index contributed by atoms with van der Waals surface area (Å²) in [6.45, 7) is 2.13. The van der Waals surface area contributed by atoms with E-state index in [0.717, 1.165) is 23.3 Å². The summed E-state index contributed by atoms with van der Waals surface area (Å²) in [7, 11) is 3.22. The van der Waals surface area contributed by atoms with Gasteiger partial charge in [0.15, 0.2) is 0 Å². The Kier molecular flexibility index (Phi) is 4.62. The summed E-state index contributed by atoms with van der Waals surface area (Å²) in [6.07, 6.45) is 8.70. The number of aryl methyl sites for hydroxylation is 2. The third-order valence-corrected chi connectivity index (χ3v) is 6.11. The van der Waals surface area contributed by atoms with E-state index in [2.05, 4.69) is 11.9 Å². The van der Waals surface area contributed by atoms with E-state index in [0.29, 0.717) is 16.3 Å². The van der Waals surface area contributed by atoms with E-state index in [1.807, 2.05) is 18.0 Å². The molecule has 1 fully saturated rings. The van der Waals surface area contributed by atoms with Crippen molar-refractivity contribution in [2.45, 2.75) is 55.6 Å². The molecule has 2 heterocycles. The fourth-order valence-electron chi connectivity index (χ4n) is 3.30. The van der Waals surface area contributed by atoms with Crippen LogP contribution in [0.2, 0.25) is 0 Å². The Balaban J connectivity index is 2.29. The van der Waals surface area contributed by atoms with Crippen LogP contribution in [-0.4, -0.2) is 19.4 Å². The van der Waals surface area contributed by atoms with E-state index in [-0.39, 0.29) is 11.2 Å². The molecule has 0 unspecified atom stereocenters. The molecule has 0 atom stereocenters. The van der Waals surface area contributed by atoms with E-state index in [1.54, 1.807) is 14.1 Å². The van der Waals surface area contributed by atoms with Gasteiger partial charge in [0.25, 0.3) is 5.56 Å². The topological polar surface area (TPSA) is 56.9 Å². The van der Waals surface area contributed by atoms with Gasteiger partial charge in [-0.3, -0.25) is 13.9 Å². The first-order valence-corrected chi connectivity index (χ1v) is 9.16. The molecule has 23 heavy (non-hydrogen) atoms. The first-order valence-electron chi connectivity index (χ1n) is 8.28. The number of thioether (sulfide) groups is 1. The van der Waals surface area contributed by atoms with Gasteiger partial charge in [0, 0.05) is 30.4 Å². The average Bonchev–Trinajstić information content (AvgIpc) is 3.05. The highest BCUT2D eigenvalue weighted by Crippen LogP contribution is 2.38. The van der Waals surface area contributed by atoms with Crippen molar-refractivity contribution < 1.29 is 0 Å². The van der Waals surface area contributed by atoms with Crippen molar-refractivity contribution in [3.63, 3.8) is 0 Å². The Labute approximate surface area is 139 Å². The SMILES string of the molecule is CCCc1cnc2c(c1SC1CCCC1)c(=O)n(C)c(=O)n2C. The number of nitrogens with zero attached hydrogens (tertiary/aromatic N) is 3. The van der Waals surface area contributed by atoms with E-state index >= 15 is 0 Å². The fourth-order valence-corrected chi connectivity index (χ4v) is 4.80. The van der Waals surface area contributed by atoms with Crippen molar-refractivity contribution in [3.8, 4) is 0 Å². The zero-order valence-corrected chi connectivity index (χ0v) is 14.8. The van der Waals surface area contributed by atoms with Crippen LogP contribution in [0.15, 0.2) is 20.7 Å². The van der Waals surface area contributed by atoms with Crippen LogP contribution < -0.4 is 11.2 Å². The van der Waals surface area contributed by atoms with Crippen molar-refractivity contribution in [1.29, 1.82) is 0 Å². The maximum Gasteiger partial charge on any atom is 0.332 e. The third-order valence-electron chi connectivity index (χ3n) is 4.60. The van der Waals surface area contributed by atoms with Gasteiger partial charge in [-0.25, -0.2) is 9.78 Å². The van der Waals surface area contributed by atoms with E-state index in [1.165, 1.54) is 34.8 Å². The number of hydrogen-bond donors (Lipinski definition) is 0. The summed E-state index contributed by atoms with van der Waals surface area (Å²) in [5.41, 5.74) is 1.08. The Morgan fingerprint density at radius 2 is 1.91 bits per heavy atom. The first kappa shape index (κ1) is 16.3. The fraction of sp³-hybridized carbons (Fsp3) is 0.588. The minimum atomic E-state index is -0.324. The van der Waals surface area contributed by atoms with Crippen LogP contribution in [0.4, 0.5) is 0 Å². The molecule has 0 amide bonds. The summed E-state index contributed by atoms with van der Waals surface area (Å²) >= 11 is 1.82. The van der Waals surface area contributed by atoms with Crippen LogP contribution in [0, 0.1) is 0 Å². The summed E-state index contributed by atoms with van der Waals surface area (Å²) < 4.78 is 2.67. The van der Waals surface area contributed by atoms with E-state index in [9.17, 15) is 9.59 Å². The molecule has 0 bridgehead atoms. The molecule has 0 aromatic carbocycles. The predicted octanol–water partition coefficient (Wildman–Crippen LogP) is 2.62. The molecule has 3 rings (SSSR count). The number of rotatable bonds is 4. The van der Waals surface area contributed by atoms with Crippen LogP contribution in [0.1, 0.15) is 44.6 Å². The number of fused-ring (bicyclic) bond motifs is 1. The van der Waals surface area contributed by atoms with Crippen LogP contribution >= 0.6 is 11.8 Å². The second-order valence-electron chi connectivity index (χ2n) is 6.29. The Hall–Kier alpha value is -1.56. The zero-order valence-electron chi connectivity index (χ0n) is 14.0. The van der Waals surface area contributed by atoms with Crippen LogP contribution in [0.25, 0.3) is 11.0 Å². The number of aromatic nitrogens is 3. The van der Waals surface area contributed by atoms with Crippen LogP contribution in [-0.2, 0) is 20.5 Å². The molecule has 0 radical (unpaired) electrons. The quantitative estimate of drug-likeness (QED) is 0.863. The highest BCUT2D eigenvalue weighted by molar-refractivity contribution is 8.00. The lowest BCUT2D eigenvalue weighted by atomic mass is 10.1. The van der Waals surface area contributed by atoms with Crippen molar-refractivity contribution in [1.82, 2.24) is 14.1 Å². The van der Waals surface area contributed by atoms with Gasteiger partial charge >= 0.3 is 5.69 Å². The molecular formula is C17H23N3O2S. The molecule has 2 aromatic heterocycles. The highest BCUT2D eigenvalue weighted by atomic mass is 32.2. The van der Waals surface area contributed by atoms with Gasteiger partial charge in [-0.05, 0) is 24.8 Å². The van der Waals surface area contributed by atoms with Crippen LogP contribution in [0.5, 0.6) is 0 Å². The molecular weight excluding hydrogens is 310 g/mol. The first-order chi connectivity index (χ1) is 11.0. The summed E-state index contributed by atoms with van der Waals surface area (Å²) in [5, 5.41) is 1.18. The largest absolute Gasteiger partial charge is 0.332 e. The summed E-state index contributed by atoms with van der Waals surface area (Å²) in [5.74, 6) is 0. The van der Waals surface area contributed by atoms with Gasteiger partial charge in [-0.1, -0.05) is 26.2 Å². The molecule has 0 saturated heterocycles. The van der Waals surface area contributed by atoms with E-state index in [4.69, 9.17) is 0 Å². The zero-order chi connectivity index (χ0) is 16.6. The number of pyridine rings is 1. The molecule has 2 aromatic rings. The molecule has 1 aliphatic carbocycles. The molecule has 5 nitrogen and oxygen atoms in total. The van der Waals surface area contributed by atoms with Crippen molar-refractivity contribution >= 4 is 22.8 Å². The molecule has 0 N–H and O–H groups in total. The maximum absolute atomic E-state index is 12.7. The van der Waals surface area contributed by atoms with Crippen molar-refractivity contribution in [3.05, 3.63) is 32.6 Å². The normalized spacial score (nSPS) is 15.6. The van der Waals surface area contributed by atoms with Crippen LogP contribution in [0.3, 0.4) is 0 Å². The summed E-state index contributed by atoms with van der Waals surface area (Å²) in [6, 6.07) is 0. The average molecular weight is 333 g/mol. The lowest BCUT2D eigenvalue weighted by Crippen LogP contribution is -2.37. The lowest BCUT2D eigenvalue weighted by molar-refractivity contribution is 0.704. The lowest BCUT2D eigenvalue weighted by Gasteiger charge is -2.16. The Morgan fingerprint density at radius 3 is 2.57 bits per heavy atom. The third kappa shape index (κ3) is 2.84. The smallest absolute Gasteiger partial charge is 0.280 e. The number of hydrogen-bond acceptors (Lipinski definition) is 4. The van der Waals surface area contributed by atoms with Gasteiger partial charge < -0.3 is 0 Å². The molecule has 1 saturated carbocycles. The molecule has 124 valence electrons. The van der Waals surface area contributed by atoms with Gasteiger partial charge in [0.05, 0.1) is 5.39 Å². The minimum Gasteiger partial charge on any atom is -0.280 e. The second kappa shape index (κ2) is 6.51. The molecule has 0 aliphatic heterocycles. The minimum absolute atomic E-state index is 0.228. The van der Waals surface area contributed by atoms with Crippen molar-refractivity contribution in [2.75, 3.05) is 0 Å². The molecule has 6 heteroatoms. The van der Waals surface area contributed by atoms with Gasteiger partial charge in [0.2, 0.25) is 0 Å². The Morgan fingerprint density at radius 1 is 1.22 bits per heavy atom. The van der Waals surface area contributed by atoms with Gasteiger partial charge in [-0.15, -0.1) is 11.8 Å². The monoisotopic (exact) mass is 333 g/mol. The molecule has 0 spiro atoms. The van der Waals surface area contributed by atoms with Gasteiger partial charge in [0.1, 0.15) is 5.65 Å². The second-order valence-corrected chi connectivity index (χ2v) is 7.60. The highest BCUT2D eigenvalue weighted by Gasteiger charge is 2.22. The standard InChI is InChI=1S/C17H23N3O2S/c1-4-7-11-10-18-15-13(14(11)23-12-8-5-6-9-12)16(21)20(3)17(22)19(15)2/h10,12H,4-9H2,1-3H3. The Bertz CT molecular complexity index is 848. The molecule has 1 aliphatic rings. The maximum atomic E-state index is 12.7.